The van der Waals surface area contributed by atoms with E-state index in [1.807, 2.05) is 30.3 Å². The van der Waals surface area contributed by atoms with Crippen LogP contribution in [-0.4, -0.2) is 31.4 Å². The number of amides is 1. The average molecular weight is 393 g/mol. The Morgan fingerprint density at radius 2 is 1.79 bits per heavy atom. The molecule has 2 aromatic carbocycles. The summed E-state index contributed by atoms with van der Waals surface area (Å²) < 4.78 is 17.6. The molecule has 0 radical (unpaired) electrons. The predicted octanol–water partition coefficient (Wildman–Crippen LogP) is 4.98. The molecule has 0 N–H and O–H groups in total. The van der Waals surface area contributed by atoms with Gasteiger partial charge in [0.15, 0.2) is 6.23 Å². The van der Waals surface area contributed by atoms with Gasteiger partial charge in [-0.25, -0.2) is 4.79 Å². The second-order valence-corrected chi connectivity index (χ2v) is 8.37. The molecule has 1 aliphatic heterocycles. The monoisotopic (exact) mass is 393 g/mol. The standard InChI is InChI=1S/C24H27NO4/c1-25(24(26)28-14-15-6-4-3-5-7-15)20-13-18-12-19(27-2)21-16-8-10-17(11-9-16)22(21)23(18)29-20/h3-7,12,16-17,20H,8-11,13-14H2,1-2H3. The summed E-state index contributed by atoms with van der Waals surface area (Å²) in [5.41, 5.74) is 4.81. The van der Waals surface area contributed by atoms with E-state index in [9.17, 15) is 4.79 Å². The summed E-state index contributed by atoms with van der Waals surface area (Å²) in [5, 5.41) is 0. The quantitative estimate of drug-likeness (QED) is 0.735. The van der Waals surface area contributed by atoms with Gasteiger partial charge in [-0.3, -0.25) is 4.90 Å². The van der Waals surface area contributed by atoms with Crippen molar-refractivity contribution in [2.24, 2.45) is 0 Å². The maximum Gasteiger partial charge on any atom is 0.412 e. The Labute approximate surface area is 171 Å². The number of rotatable bonds is 4. The van der Waals surface area contributed by atoms with Gasteiger partial charge >= 0.3 is 6.09 Å². The van der Waals surface area contributed by atoms with Crippen molar-refractivity contribution in [1.82, 2.24) is 4.90 Å². The van der Waals surface area contributed by atoms with Crippen molar-refractivity contribution in [3.8, 4) is 11.5 Å². The maximum absolute atomic E-state index is 12.6. The highest BCUT2D eigenvalue weighted by molar-refractivity contribution is 5.68. The zero-order valence-electron chi connectivity index (χ0n) is 17.0. The Bertz CT molecular complexity index is 918. The van der Waals surface area contributed by atoms with Crippen LogP contribution >= 0.6 is 0 Å². The minimum atomic E-state index is -0.367. The smallest absolute Gasteiger partial charge is 0.412 e. The van der Waals surface area contributed by atoms with Crippen LogP contribution in [0.15, 0.2) is 36.4 Å². The summed E-state index contributed by atoms with van der Waals surface area (Å²) in [6, 6.07) is 11.8. The Balaban J connectivity index is 1.35. The van der Waals surface area contributed by atoms with Crippen LogP contribution in [0.5, 0.6) is 11.5 Å². The largest absolute Gasteiger partial charge is 0.496 e. The summed E-state index contributed by atoms with van der Waals surface area (Å²) in [6.45, 7) is 0.261. The lowest BCUT2D eigenvalue weighted by Gasteiger charge is -2.40. The van der Waals surface area contributed by atoms with Gasteiger partial charge < -0.3 is 14.2 Å². The van der Waals surface area contributed by atoms with Gasteiger partial charge in [-0.2, -0.15) is 0 Å². The molecule has 0 aromatic heterocycles. The van der Waals surface area contributed by atoms with Crippen LogP contribution in [0.1, 0.15) is 59.8 Å². The van der Waals surface area contributed by atoms with E-state index in [0.717, 1.165) is 22.6 Å². The van der Waals surface area contributed by atoms with Gasteiger partial charge in [0.05, 0.1) is 7.11 Å². The second-order valence-electron chi connectivity index (χ2n) is 8.37. The zero-order chi connectivity index (χ0) is 20.0. The first kappa shape index (κ1) is 18.3. The molecule has 1 amide bonds. The summed E-state index contributed by atoms with van der Waals surface area (Å²) in [6.07, 6.45) is 4.87. The van der Waals surface area contributed by atoms with Crippen LogP contribution in [0, 0.1) is 0 Å². The van der Waals surface area contributed by atoms with Gasteiger partial charge in [-0.05, 0) is 49.1 Å². The van der Waals surface area contributed by atoms with Crippen molar-refractivity contribution in [3.05, 3.63) is 58.7 Å². The molecule has 0 saturated heterocycles. The molecule has 0 spiro atoms. The summed E-state index contributed by atoms with van der Waals surface area (Å²) >= 11 is 0. The Morgan fingerprint density at radius 3 is 2.48 bits per heavy atom. The first-order valence-corrected chi connectivity index (χ1v) is 10.5. The molecule has 1 fully saturated rings. The van der Waals surface area contributed by atoms with Crippen LogP contribution in [0.2, 0.25) is 0 Å². The molecule has 3 aliphatic carbocycles. The fraction of sp³-hybridized carbons (Fsp3) is 0.458. The topological polar surface area (TPSA) is 48.0 Å². The van der Waals surface area contributed by atoms with Crippen molar-refractivity contribution in [1.29, 1.82) is 0 Å². The molecule has 1 heterocycles. The predicted molar refractivity (Wildman–Crippen MR) is 109 cm³/mol. The van der Waals surface area contributed by atoms with Crippen molar-refractivity contribution in [2.75, 3.05) is 14.2 Å². The maximum atomic E-state index is 12.6. The van der Waals surface area contributed by atoms with Gasteiger partial charge in [0.2, 0.25) is 0 Å². The van der Waals surface area contributed by atoms with Gasteiger partial charge in [0, 0.05) is 30.2 Å². The molecule has 29 heavy (non-hydrogen) atoms. The molecule has 5 nitrogen and oxygen atoms in total. The molecule has 2 aromatic rings. The molecule has 1 unspecified atom stereocenters. The third kappa shape index (κ3) is 3.13. The van der Waals surface area contributed by atoms with Crippen molar-refractivity contribution in [2.45, 2.75) is 56.8 Å². The highest BCUT2D eigenvalue weighted by Crippen LogP contribution is 2.57. The van der Waals surface area contributed by atoms with Crippen LogP contribution < -0.4 is 9.47 Å². The van der Waals surface area contributed by atoms with Crippen molar-refractivity contribution >= 4 is 6.09 Å². The van der Waals surface area contributed by atoms with E-state index in [2.05, 4.69) is 6.07 Å². The number of benzene rings is 2. The van der Waals surface area contributed by atoms with E-state index < -0.39 is 0 Å². The Hall–Kier alpha value is -2.69. The number of ether oxygens (including phenoxy) is 3. The lowest BCUT2D eigenvalue weighted by Crippen LogP contribution is -2.40. The number of carbonyl (C=O) groups is 1. The normalized spacial score (nSPS) is 23.7. The van der Waals surface area contributed by atoms with Crippen molar-refractivity contribution < 1.29 is 19.0 Å². The molecule has 1 saturated carbocycles. The van der Waals surface area contributed by atoms with Crippen LogP contribution in [0.25, 0.3) is 0 Å². The van der Waals surface area contributed by atoms with Crippen molar-refractivity contribution in [3.63, 3.8) is 0 Å². The van der Waals surface area contributed by atoms with Crippen LogP contribution in [0.3, 0.4) is 0 Å². The van der Waals surface area contributed by atoms with Gasteiger partial charge in [-0.1, -0.05) is 30.3 Å². The summed E-state index contributed by atoms with van der Waals surface area (Å²) in [5.74, 6) is 3.11. The van der Waals surface area contributed by atoms with E-state index in [1.54, 1.807) is 19.1 Å². The second kappa shape index (κ2) is 7.29. The third-order valence-corrected chi connectivity index (χ3v) is 6.73. The number of carbonyl (C=O) groups excluding carboxylic acids is 1. The first-order chi connectivity index (χ1) is 14.2. The fourth-order valence-electron chi connectivity index (χ4n) is 5.21. The lowest BCUT2D eigenvalue weighted by atomic mass is 9.66. The Kier molecular flexibility index (Phi) is 4.61. The first-order valence-electron chi connectivity index (χ1n) is 10.5. The van der Waals surface area contributed by atoms with E-state index in [0.29, 0.717) is 18.3 Å². The third-order valence-electron chi connectivity index (χ3n) is 6.73. The molecule has 5 heteroatoms. The van der Waals surface area contributed by atoms with E-state index in [4.69, 9.17) is 14.2 Å². The average Bonchev–Trinajstić information content (AvgIpc) is 3.22. The molecular formula is C24H27NO4. The molecule has 1 atom stereocenters. The highest BCUT2D eigenvalue weighted by Gasteiger charge is 2.42. The lowest BCUT2D eigenvalue weighted by molar-refractivity contribution is 0.0366. The number of methoxy groups -OCH3 is 1. The number of hydrogen-bond donors (Lipinski definition) is 0. The van der Waals surface area contributed by atoms with E-state index in [-0.39, 0.29) is 18.9 Å². The number of hydrogen-bond acceptors (Lipinski definition) is 4. The fourth-order valence-corrected chi connectivity index (χ4v) is 5.21. The minimum Gasteiger partial charge on any atom is -0.496 e. The van der Waals surface area contributed by atoms with Gasteiger partial charge in [0.1, 0.15) is 18.1 Å². The molecule has 6 rings (SSSR count). The number of likely N-dealkylation sites (N-methyl/N-ethyl adjacent to an activating group) is 1. The highest BCUT2D eigenvalue weighted by atomic mass is 16.6. The van der Waals surface area contributed by atoms with Gasteiger partial charge in [-0.15, -0.1) is 0 Å². The van der Waals surface area contributed by atoms with Gasteiger partial charge in [0.25, 0.3) is 0 Å². The summed E-state index contributed by atoms with van der Waals surface area (Å²) in [7, 11) is 3.50. The van der Waals surface area contributed by atoms with E-state index in [1.165, 1.54) is 36.8 Å². The molecular weight excluding hydrogens is 366 g/mol. The molecule has 2 bridgehead atoms. The Morgan fingerprint density at radius 1 is 1.10 bits per heavy atom. The van der Waals surface area contributed by atoms with Crippen LogP contribution in [0.4, 0.5) is 4.79 Å². The minimum absolute atomic E-state index is 0.261. The summed E-state index contributed by atoms with van der Waals surface area (Å²) in [4.78, 5) is 14.2. The van der Waals surface area contributed by atoms with Crippen LogP contribution in [-0.2, 0) is 17.8 Å². The number of fused-ring (bicyclic) bond motifs is 3. The molecule has 4 aliphatic rings. The number of nitrogens with zero attached hydrogens (tertiary/aromatic N) is 1. The molecule has 152 valence electrons. The zero-order valence-corrected chi connectivity index (χ0v) is 17.0. The SMILES string of the molecule is COc1cc2c(c3c1C1CCC3CC1)OC(N(C)C(=O)OCc1ccccc1)C2. The van der Waals surface area contributed by atoms with E-state index >= 15 is 0 Å².